The Labute approximate surface area is 130 Å². The van der Waals surface area contributed by atoms with Crippen LogP contribution in [0.25, 0.3) is 0 Å². The van der Waals surface area contributed by atoms with E-state index in [0.717, 1.165) is 11.3 Å². The fourth-order valence-electron chi connectivity index (χ4n) is 2.25. The first-order chi connectivity index (χ1) is 10.5. The summed E-state index contributed by atoms with van der Waals surface area (Å²) in [5.74, 6) is 0.311. The van der Waals surface area contributed by atoms with Crippen LogP contribution in [0.15, 0.2) is 48.5 Å². The van der Waals surface area contributed by atoms with Crippen molar-refractivity contribution < 1.29 is 13.9 Å². The van der Waals surface area contributed by atoms with Crippen LogP contribution in [-0.4, -0.2) is 25.0 Å². The Morgan fingerprint density at radius 3 is 2.41 bits per heavy atom. The second-order valence-corrected chi connectivity index (χ2v) is 5.22. The zero-order chi connectivity index (χ0) is 16.1. The molecule has 0 saturated carbocycles. The number of rotatable bonds is 5. The molecule has 1 unspecified atom stereocenters. The molecule has 0 heterocycles. The van der Waals surface area contributed by atoms with Crippen LogP contribution >= 0.6 is 0 Å². The largest absolute Gasteiger partial charge is 0.497 e. The van der Waals surface area contributed by atoms with E-state index in [2.05, 4.69) is 0 Å². The van der Waals surface area contributed by atoms with Crippen LogP contribution in [0, 0.1) is 5.82 Å². The molecule has 0 N–H and O–H groups in total. The van der Waals surface area contributed by atoms with E-state index in [1.54, 1.807) is 37.3 Å². The fourth-order valence-corrected chi connectivity index (χ4v) is 2.25. The van der Waals surface area contributed by atoms with Crippen LogP contribution in [-0.2, 0) is 11.2 Å². The van der Waals surface area contributed by atoms with Gasteiger partial charge in [-0.3, -0.25) is 4.79 Å². The molecule has 0 aliphatic heterocycles. The van der Waals surface area contributed by atoms with Gasteiger partial charge in [0.25, 0.3) is 0 Å². The first kappa shape index (κ1) is 16.0. The number of methoxy groups -OCH3 is 1. The zero-order valence-corrected chi connectivity index (χ0v) is 13.0. The highest BCUT2D eigenvalue weighted by molar-refractivity contribution is 5.79. The van der Waals surface area contributed by atoms with Gasteiger partial charge in [0.2, 0.25) is 5.91 Å². The second kappa shape index (κ2) is 7.07. The van der Waals surface area contributed by atoms with Crippen molar-refractivity contribution in [3.05, 3.63) is 65.5 Å². The maximum Gasteiger partial charge on any atom is 0.227 e. The first-order valence-electron chi connectivity index (χ1n) is 7.16. The number of carbonyl (C=O) groups excluding carboxylic acids is 1. The van der Waals surface area contributed by atoms with Gasteiger partial charge in [0, 0.05) is 7.05 Å². The topological polar surface area (TPSA) is 29.5 Å². The van der Waals surface area contributed by atoms with Crippen molar-refractivity contribution in [1.82, 2.24) is 4.90 Å². The number of hydrogen-bond donors (Lipinski definition) is 0. The maximum absolute atomic E-state index is 13.6. The highest BCUT2D eigenvalue weighted by atomic mass is 19.1. The molecule has 116 valence electrons. The summed E-state index contributed by atoms with van der Waals surface area (Å²) >= 11 is 0. The number of ether oxygens (including phenoxy) is 1. The van der Waals surface area contributed by atoms with E-state index >= 15 is 0 Å². The van der Waals surface area contributed by atoms with Gasteiger partial charge in [-0.25, -0.2) is 4.39 Å². The van der Waals surface area contributed by atoms with Gasteiger partial charge in [0.05, 0.1) is 19.6 Å². The Hall–Kier alpha value is -2.36. The van der Waals surface area contributed by atoms with E-state index in [1.165, 1.54) is 6.07 Å². The summed E-state index contributed by atoms with van der Waals surface area (Å²) in [7, 11) is 3.35. The highest BCUT2D eigenvalue weighted by Gasteiger charge is 2.18. The van der Waals surface area contributed by atoms with Crippen molar-refractivity contribution in [3.63, 3.8) is 0 Å². The molecule has 4 heteroatoms. The molecule has 0 fully saturated rings. The van der Waals surface area contributed by atoms with Gasteiger partial charge in [0.15, 0.2) is 0 Å². The molecule has 22 heavy (non-hydrogen) atoms. The molecule has 0 aromatic heterocycles. The third-order valence-corrected chi connectivity index (χ3v) is 3.87. The Balaban J connectivity index is 2.07. The van der Waals surface area contributed by atoms with E-state index < -0.39 is 0 Å². The third kappa shape index (κ3) is 3.64. The van der Waals surface area contributed by atoms with Gasteiger partial charge in [-0.1, -0.05) is 30.3 Å². The summed E-state index contributed by atoms with van der Waals surface area (Å²) < 4.78 is 18.8. The van der Waals surface area contributed by atoms with Gasteiger partial charge in [-0.05, 0) is 36.2 Å². The van der Waals surface area contributed by atoms with Gasteiger partial charge in [0.1, 0.15) is 11.6 Å². The molecule has 2 aromatic carbocycles. The number of benzene rings is 2. The van der Waals surface area contributed by atoms with E-state index in [0.29, 0.717) is 5.56 Å². The summed E-state index contributed by atoms with van der Waals surface area (Å²) in [6.45, 7) is 1.95. The van der Waals surface area contributed by atoms with Crippen LogP contribution in [0.4, 0.5) is 4.39 Å². The maximum atomic E-state index is 13.6. The Bertz CT molecular complexity index is 640. The van der Waals surface area contributed by atoms with Crippen LogP contribution in [0.5, 0.6) is 5.75 Å². The van der Waals surface area contributed by atoms with E-state index in [4.69, 9.17) is 4.74 Å². The summed E-state index contributed by atoms with van der Waals surface area (Å²) in [6.07, 6.45) is 0.0592. The minimum atomic E-state index is -0.346. The lowest BCUT2D eigenvalue weighted by Gasteiger charge is -2.25. The average Bonchev–Trinajstić information content (AvgIpc) is 2.55. The van der Waals surface area contributed by atoms with Crippen molar-refractivity contribution in [2.24, 2.45) is 0 Å². The molecule has 0 radical (unpaired) electrons. The minimum absolute atomic E-state index is 0.0592. The predicted molar refractivity (Wildman–Crippen MR) is 84.3 cm³/mol. The molecule has 2 rings (SSSR count). The number of likely N-dealkylation sites (N-methyl/N-ethyl adjacent to an activating group) is 1. The van der Waals surface area contributed by atoms with Gasteiger partial charge in [-0.15, -0.1) is 0 Å². The molecule has 0 aliphatic rings. The average molecular weight is 301 g/mol. The normalized spacial score (nSPS) is 11.8. The van der Waals surface area contributed by atoms with Crippen LogP contribution < -0.4 is 4.74 Å². The molecule has 1 atom stereocenters. The molecule has 3 nitrogen and oxygen atoms in total. The van der Waals surface area contributed by atoms with Crippen molar-refractivity contribution in [1.29, 1.82) is 0 Å². The lowest BCUT2D eigenvalue weighted by molar-refractivity contribution is -0.131. The Morgan fingerprint density at radius 2 is 1.82 bits per heavy atom. The number of nitrogens with zero attached hydrogens (tertiary/aromatic N) is 1. The van der Waals surface area contributed by atoms with E-state index in [9.17, 15) is 9.18 Å². The number of carbonyl (C=O) groups is 1. The van der Waals surface area contributed by atoms with Crippen LogP contribution in [0.2, 0.25) is 0 Å². The van der Waals surface area contributed by atoms with Crippen LogP contribution in [0.1, 0.15) is 24.1 Å². The molecule has 2 aromatic rings. The zero-order valence-electron chi connectivity index (χ0n) is 13.0. The summed E-state index contributed by atoms with van der Waals surface area (Å²) in [5, 5.41) is 0. The molecule has 0 spiro atoms. The molecule has 1 amide bonds. The summed E-state index contributed by atoms with van der Waals surface area (Å²) in [4.78, 5) is 14.0. The first-order valence-corrected chi connectivity index (χ1v) is 7.16. The fraction of sp³-hybridized carbons (Fsp3) is 0.278. The van der Waals surface area contributed by atoms with Gasteiger partial charge < -0.3 is 9.64 Å². The molecule has 0 saturated heterocycles. The summed E-state index contributed by atoms with van der Waals surface area (Å²) in [5.41, 5.74) is 1.42. The minimum Gasteiger partial charge on any atom is -0.497 e. The molecule has 0 aliphatic carbocycles. The SMILES string of the molecule is COc1ccc(C(C)N(C)C(=O)Cc2ccccc2F)cc1. The molecular weight excluding hydrogens is 281 g/mol. The predicted octanol–water partition coefficient (Wildman–Crippen LogP) is 3.60. The quantitative estimate of drug-likeness (QED) is 0.844. The standard InChI is InChI=1S/C18H20FNO2/c1-13(14-8-10-16(22-3)11-9-14)20(2)18(21)12-15-6-4-5-7-17(15)19/h4-11,13H,12H2,1-3H3. The summed E-state index contributed by atoms with van der Waals surface area (Å²) in [6, 6.07) is 13.8. The van der Waals surface area contributed by atoms with E-state index in [1.807, 2.05) is 31.2 Å². The van der Waals surface area contributed by atoms with E-state index in [-0.39, 0.29) is 24.2 Å². The van der Waals surface area contributed by atoms with Crippen LogP contribution in [0.3, 0.4) is 0 Å². The van der Waals surface area contributed by atoms with Gasteiger partial charge >= 0.3 is 0 Å². The van der Waals surface area contributed by atoms with Crippen molar-refractivity contribution in [3.8, 4) is 5.75 Å². The lowest BCUT2D eigenvalue weighted by atomic mass is 10.1. The van der Waals surface area contributed by atoms with Crippen molar-refractivity contribution >= 4 is 5.91 Å². The Morgan fingerprint density at radius 1 is 1.18 bits per heavy atom. The highest BCUT2D eigenvalue weighted by Crippen LogP contribution is 2.22. The number of halogens is 1. The number of hydrogen-bond acceptors (Lipinski definition) is 2. The van der Waals surface area contributed by atoms with Crippen molar-refractivity contribution in [2.75, 3.05) is 14.2 Å². The molecular formula is C18H20FNO2. The molecule has 0 bridgehead atoms. The second-order valence-electron chi connectivity index (χ2n) is 5.22. The van der Waals surface area contributed by atoms with Crippen molar-refractivity contribution in [2.45, 2.75) is 19.4 Å². The smallest absolute Gasteiger partial charge is 0.227 e. The number of amides is 1. The lowest BCUT2D eigenvalue weighted by Crippen LogP contribution is -2.31. The monoisotopic (exact) mass is 301 g/mol. The third-order valence-electron chi connectivity index (χ3n) is 3.87. The Kier molecular flexibility index (Phi) is 5.15. The van der Waals surface area contributed by atoms with Gasteiger partial charge in [-0.2, -0.15) is 0 Å².